The highest BCUT2D eigenvalue weighted by molar-refractivity contribution is 9.11. The van der Waals surface area contributed by atoms with Gasteiger partial charge in [0.05, 0.1) is 29.0 Å². The van der Waals surface area contributed by atoms with Crippen LogP contribution in [-0.4, -0.2) is 87.5 Å². The van der Waals surface area contributed by atoms with Crippen molar-refractivity contribution in [2.75, 3.05) is 12.3 Å². The number of nitrogens with zero attached hydrogens (tertiary/aromatic N) is 6. The molecule has 0 amide bonds. The number of carbonyl (C=O) groups is 1. The van der Waals surface area contributed by atoms with Gasteiger partial charge in [0, 0.05) is 27.3 Å². The summed E-state index contributed by atoms with van der Waals surface area (Å²) < 4.78 is 22.5. The fourth-order valence-electron chi connectivity index (χ4n) is 6.04. The van der Waals surface area contributed by atoms with Gasteiger partial charge in [0.2, 0.25) is 0 Å². The van der Waals surface area contributed by atoms with Crippen molar-refractivity contribution >= 4 is 77.3 Å². The molecule has 0 saturated carbocycles. The Morgan fingerprint density at radius 2 is 1.50 bits per heavy atom. The summed E-state index contributed by atoms with van der Waals surface area (Å²) in [7, 11) is 0. The van der Waals surface area contributed by atoms with Crippen molar-refractivity contribution in [2.24, 2.45) is 5.92 Å². The Morgan fingerprint density at radius 1 is 0.920 bits per heavy atom. The Morgan fingerprint density at radius 3 is 2.12 bits per heavy atom. The fourth-order valence-corrected chi connectivity index (χ4v) is 7.57. The molecular weight excluding hydrogens is 802 g/mol. The molecule has 1 aromatic carbocycles. The van der Waals surface area contributed by atoms with E-state index in [-0.39, 0.29) is 39.5 Å². The molecule has 2 saturated heterocycles. The van der Waals surface area contributed by atoms with Crippen LogP contribution in [0.1, 0.15) is 57.9 Å². The molecule has 4 aromatic heterocycles. The van der Waals surface area contributed by atoms with E-state index in [0.29, 0.717) is 43.1 Å². The van der Waals surface area contributed by atoms with Crippen LogP contribution in [0.15, 0.2) is 64.3 Å². The van der Waals surface area contributed by atoms with E-state index in [4.69, 9.17) is 36.7 Å². The van der Waals surface area contributed by atoms with Crippen LogP contribution in [0.2, 0.25) is 5.15 Å². The van der Waals surface area contributed by atoms with E-state index in [2.05, 4.69) is 58.7 Å². The summed E-state index contributed by atoms with van der Waals surface area (Å²) in [4.78, 5) is 29.1. The van der Waals surface area contributed by atoms with Gasteiger partial charge in [-0.15, -0.1) is 0 Å². The number of aliphatic hydroxyl groups excluding tert-OH is 3. The number of nitrogen functional groups attached to an aromatic ring is 1. The lowest BCUT2D eigenvalue weighted by Crippen LogP contribution is -2.33. The van der Waals surface area contributed by atoms with Gasteiger partial charge in [0.1, 0.15) is 53.2 Å². The molecular formula is C33H40Br2ClN7O7. The first-order valence-electron chi connectivity index (χ1n) is 15.0. The zero-order chi connectivity index (χ0) is 34.3. The number of aliphatic hydroxyl groups is 3. The second kappa shape index (κ2) is 16.4. The zero-order valence-electron chi connectivity index (χ0n) is 25.6. The summed E-state index contributed by atoms with van der Waals surface area (Å²) in [5, 5.41) is 30.6. The van der Waals surface area contributed by atoms with Crippen LogP contribution in [0.4, 0.5) is 5.82 Å². The summed E-state index contributed by atoms with van der Waals surface area (Å²) in [5.41, 5.74) is 7.41. The van der Waals surface area contributed by atoms with Crippen molar-refractivity contribution < 1.29 is 34.3 Å². The summed E-state index contributed by atoms with van der Waals surface area (Å²) in [6, 6.07) is 8.97. The number of aromatic nitrogens is 6. The maximum absolute atomic E-state index is 12.7. The molecule has 1 unspecified atom stereocenters. The minimum atomic E-state index is -1.18. The molecule has 270 valence electrons. The molecule has 50 heavy (non-hydrogen) atoms. The van der Waals surface area contributed by atoms with Gasteiger partial charge in [-0.05, 0) is 50.4 Å². The number of hydrogen-bond acceptors (Lipinski definition) is 12. The fraction of sp³-hybridized carbons (Fsp3) is 0.424. The van der Waals surface area contributed by atoms with E-state index in [9.17, 15) is 15.0 Å². The molecule has 5 aromatic rings. The van der Waals surface area contributed by atoms with Crippen LogP contribution in [0.25, 0.3) is 22.1 Å². The van der Waals surface area contributed by atoms with Gasteiger partial charge in [-0.1, -0.05) is 58.5 Å². The standard InChI is InChI=1S/C20H19BrClN3O3.C11H13BrN4O4.2CH4/c1-3-14-11(2)16(28-20(26)12-7-5-4-6-8-12)19(27-14)25-9-13(21)15-17(22)23-10-24-18(15)25;12-4-1-16(10-6(4)9(13)14-3-15-10)11-8(19)7(18)5(2-17)20-11;;/h4-11,14,16,19H,3H2,1-2H3;1,3,5,7-8,11,17-19H,2H2,(H2,13,14,15);2*1H4/t11-,14-,16?,19-;5-,7-,8-,11-;;/m11../s1. The molecule has 0 aliphatic carbocycles. The second-order valence-corrected chi connectivity index (χ2v) is 13.5. The van der Waals surface area contributed by atoms with Gasteiger partial charge in [0.25, 0.3) is 0 Å². The van der Waals surface area contributed by atoms with Gasteiger partial charge in [-0.25, -0.2) is 24.7 Å². The topological polar surface area (TPSA) is 193 Å². The maximum atomic E-state index is 12.7. The zero-order valence-corrected chi connectivity index (χ0v) is 29.5. The maximum Gasteiger partial charge on any atom is 0.338 e. The molecule has 8 atom stereocenters. The highest BCUT2D eigenvalue weighted by Crippen LogP contribution is 2.42. The van der Waals surface area contributed by atoms with E-state index >= 15 is 0 Å². The largest absolute Gasteiger partial charge is 0.454 e. The Labute approximate surface area is 310 Å². The van der Waals surface area contributed by atoms with Gasteiger partial charge < -0.3 is 44.4 Å². The minimum absolute atomic E-state index is 0. The summed E-state index contributed by atoms with van der Waals surface area (Å²) in [6.45, 7) is 3.72. The molecule has 2 fully saturated rings. The third-order valence-corrected chi connectivity index (χ3v) is 10.0. The number of anilines is 1. The first kappa shape index (κ1) is 39.6. The first-order valence-corrected chi connectivity index (χ1v) is 17.0. The Kier molecular flexibility index (Phi) is 13.0. The highest BCUT2D eigenvalue weighted by Gasteiger charge is 2.46. The first-order chi connectivity index (χ1) is 23.0. The molecule has 0 radical (unpaired) electrons. The summed E-state index contributed by atoms with van der Waals surface area (Å²) in [6.07, 6.45) is 1.99. The lowest BCUT2D eigenvalue weighted by Gasteiger charge is -2.23. The Bertz CT molecular complexity index is 1930. The number of halogens is 3. The van der Waals surface area contributed by atoms with Crippen molar-refractivity contribution in [3.05, 3.63) is 75.0 Å². The van der Waals surface area contributed by atoms with Crippen molar-refractivity contribution in [1.29, 1.82) is 0 Å². The predicted molar refractivity (Wildman–Crippen MR) is 195 cm³/mol. The van der Waals surface area contributed by atoms with Crippen LogP contribution in [0.3, 0.4) is 0 Å². The Balaban J connectivity index is 0.000000227. The molecule has 7 rings (SSSR count). The van der Waals surface area contributed by atoms with Crippen LogP contribution in [0, 0.1) is 5.92 Å². The van der Waals surface area contributed by atoms with Crippen LogP contribution < -0.4 is 5.73 Å². The molecule has 17 heteroatoms. The van der Waals surface area contributed by atoms with Gasteiger partial charge >= 0.3 is 5.97 Å². The SMILES string of the molecule is C.C.CC[C@H]1O[C@@H](n2cc(Br)c3c(Cl)ncnc32)C(OC(=O)c2ccccc2)[C@@H]1C.Nc1ncnc2c1c(Br)cn2[C@@H]1O[C@H](CO)[C@@H](O)[C@H]1O. The van der Waals surface area contributed by atoms with Crippen molar-refractivity contribution in [1.82, 2.24) is 29.1 Å². The molecule has 2 aliphatic rings. The smallest absolute Gasteiger partial charge is 0.338 e. The number of esters is 1. The van der Waals surface area contributed by atoms with E-state index in [0.717, 1.165) is 10.9 Å². The molecule has 5 N–H and O–H groups in total. The van der Waals surface area contributed by atoms with E-state index < -0.39 is 36.9 Å². The number of nitrogens with two attached hydrogens (primary N) is 1. The number of fused-ring (bicyclic) bond motifs is 2. The number of carbonyl (C=O) groups excluding carboxylic acids is 1. The number of ether oxygens (including phenoxy) is 3. The van der Waals surface area contributed by atoms with Crippen molar-refractivity contribution in [2.45, 2.75) is 78.1 Å². The van der Waals surface area contributed by atoms with E-state index in [1.165, 1.54) is 12.7 Å². The number of rotatable bonds is 6. The van der Waals surface area contributed by atoms with Crippen LogP contribution >= 0.6 is 43.5 Å². The monoisotopic (exact) mass is 839 g/mol. The molecule has 14 nitrogen and oxygen atoms in total. The van der Waals surface area contributed by atoms with E-state index in [1.807, 2.05) is 35.9 Å². The number of hydrogen-bond donors (Lipinski definition) is 4. The minimum Gasteiger partial charge on any atom is -0.454 e. The van der Waals surface area contributed by atoms with Crippen molar-refractivity contribution in [3.8, 4) is 0 Å². The predicted octanol–water partition coefficient (Wildman–Crippen LogP) is 5.68. The second-order valence-electron chi connectivity index (χ2n) is 11.4. The molecule has 0 bridgehead atoms. The Hall–Kier alpha value is -3.22. The summed E-state index contributed by atoms with van der Waals surface area (Å²) in [5.74, 6) is -0.0467. The third kappa shape index (κ3) is 7.25. The molecule has 0 spiro atoms. The average molecular weight is 842 g/mol. The lowest BCUT2D eigenvalue weighted by atomic mass is 9.98. The van der Waals surface area contributed by atoms with Gasteiger partial charge in [-0.2, -0.15) is 0 Å². The number of benzene rings is 1. The average Bonchev–Trinajstić information content (AvgIpc) is 3.79. The van der Waals surface area contributed by atoms with Crippen molar-refractivity contribution in [3.63, 3.8) is 0 Å². The van der Waals surface area contributed by atoms with Crippen LogP contribution in [-0.2, 0) is 14.2 Å². The third-order valence-electron chi connectivity index (χ3n) is 8.53. The van der Waals surface area contributed by atoms with Gasteiger partial charge in [-0.3, -0.25) is 0 Å². The van der Waals surface area contributed by atoms with Gasteiger partial charge in [0.15, 0.2) is 18.6 Å². The molecule has 2 aliphatic heterocycles. The molecule has 6 heterocycles. The van der Waals surface area contributed by atoms with Crippen LogP contribution in [0.5, 0.6) is 0 Å². The highest BCUT2D eigenvalue weighted by atomic mass is 79.9. The lowest BCUT2D eigenvalue weighted by molar-refractivity contribution is -0.0509. The summed E-state index contributed by atoms with van der Waals surface area (Å²) >= 11 is 13.1. The normalized spacial score (nSPS) is 25.8. The quantitative estimate of drug-likeness (QED) is 0.121. The van der Waals surface area contributed by atoms with E-state index in [1.54, 1.807) is 22.9 Å².